The van der Waals surface area contributed by atoms with Gasteiger partial charge >= 0.3 is 0 Å². The molecule has 11 heteroatoms. The molecule has 0 bridgehead atoms. The van der Waals surface area contributed by atoms with Crippen molar-refractivity contribution in [3.05, 3.63) is 68.7 Å². The van der Waals surface area contributed by atoms with E-state index in [-0.39, 0.29) is 29.6 Å². The molecule has 1 aliphatic rings. The van der Waals surface area contributed by atoms with Crippen molar-refractivity contribution < 1.29 is 19.3 Å². The number of amides is 3. The van der Waals surface area contributed by atoms with E-state index in [2.05, 4.69) is 10.3 Å². The monoisotopic (exact) mass is 444 g/mol. The van der Waals surface area contributed by atoms with Crippen LogP contribution in [0.2, 0.25) is 0 Å². The Hall–Kier alpha value is -3.18. The Morgan fingerprint density at radius 1 is 1.30 bits per heavy atom. The first-order chi connectivity index (χ1) is 14.4. The molecule has 2 heterocycles. The molecule has 9 nitrogen and oxygen atoms in total. The van der Waals surface area contributed by atoms with Gasteiger partial charge in [-0.25, -0.2) is 4.98 Å². The lowest BCUT2D eigenvalue weighted by atomic mass is 10.2. The molecule has 0 atom stereocenters. The van der Waals surface area contributed by atoms with Crippen molar-refractivity contribution >= 4 is 52.3 Å². The standard InChI is InChI=1S/C19H16N4O5S2/c1-29-17-14(3-2-8-21-17)16(24)20-9-10-22-18(25)15(30-19(22)26)11-12-4-6-13(7-5-12)23(27)28/h2-8,11H,9-10H2,1H3,(H,20,24). The minimum atomic E-state index is -0.514. The van der Waals surface area contributed by atoms with E-state index in [1.807, 2.05) is 6.26 Å². The maximum Gasteiger partial charge on any atom is 0.293 e. The lowest BCUT2D eigenvalue weighted by Crippen LogP contribution is -2.37. The van der Waals surface area contributed by atoms with Crippen LogP contribution < -0.4 is 5.32 Å². The molecular formula is C19H16N4O5S2. The molecular weight excluding hydrogens is 428 g/mol. The van der Waals surface area contributed by atoms with Crippen LogP contribution in [0.5, 0.6) is 0 Å². The van der Waals surface area contributed by atoms with Crippen molar-refractivity contribution in [3.8, 4) is 0 Å². The van der Waals surface area contributed by atoms with Gasteiger partial charge in [-0.2, -0.15) is 0 Å². The van der Waals surface area contributed by atoms with Gasteiger partial charge in [0.05, 0.1) is 15.4 Å². The van der Waals surface area contributed by atoms with Crippen molar-refractivity contribution in [3.63, 3.8) is 0 Å². The average Bonchev–Trinajstić information content (AvgIpc) is 3.01. The number of nitrogens with one attached hydrogen (secondary N) is 1. The number of benzene rings is 1. The van der Waals surface area contributed by atoms with Gasteiger partial charge in [-0.15, -0.1) is 11.8 Å². The Balaban J connectivity index is 1.61. The molecule has 1 aromatic carbocycles. The average molecular weight is 444 g/mol. The quantitative estimate of drug-likeness (QED) is 0.299. The fourth-order valence-corrected chi connectivity index (χ4v) is 4.05. The Bertz CT molecular complexity index is 1040. The minimum Gasteiger partial charge on any atom is -0.350 e. The van der Waals surface area contributed by atoms with Gasteiger partial charge in [-0.3, -0.25) is 29.4 Å². The first kappa shape index (κ1) is 21.5. The molecule has 3 rings (SSSR count). The summed E-state index contributed by atoms with van der Waals surface area (Å²) in [5.74, 6) is -0.801. The number of nitro groups is 1. The molecule has 1 aliphatic heterocycles. The summed E-state index contributed by atoms with van der Waals surface area (Å²) in [6.45, 7) is 0.132. The number of rotatable bonds is 7. The molecule has 2 aromatic rings. The topological polar surface area (TPSA) is 123 Å². The third kappa shape index (κ3) is 4.86. The molecule has 30 heavy (non-hydrogen) atoms. The van der Waals surface area contributed by atoms with Crippen LogP contribution in [0.15, 0.2) is 52.5 Å². The van der Waals surface area contributed by atoms with Crippen LogP contribution in [-0.4, -0.2) is 51.2 Å². The zero-order valence-corrected chi connectivity index (χ0v) is 17.4. The molecule has 1 N–H and O–H groups in total. The summed E-state index contributed by atoms with van der Waals surface area (Å²) in [6.07, 6.45) is 4.92. The van der Waals surface area contributed by atoms with Gasteiger partial charge < -0.3 is 5.32 Å². The van der Waals surface area contributed by atoms with Crippen molar-refractivity contribution in [2.24, 2.45) is 0 Å². The van der Waals surface area contributed by atoms with E-state index in [1.165, 1.54) is 42.1 Å². The number of hydrogen-bond donors (Lipinski definition) is 1. The number of carbonyl (C=O) groups excluding carboxylic acids is 3. The van der Waals surface area contributed by atoms with Gasteiger partial charge in [0.15, 0.2) is 0 Å². The smallest absolute Gasteiger partial charge is 0.293 e. The van der Waals surface area contributed by atoms with Crippen LogP contribution in [0.25, 0.3) is 6.08 Å². The second-order valence-electron chi connectivity index (χ2n) is 6.00. The Morgan fingerprint density at radius 2 is 2.03 bits per heavy atom. The Labute approximate surface area is 180 Å². The maximum atomic E-state index is 12.5. The molecule has 154 valence electrons. The van der Waals surface area contributed by atoms with E-state index in [1.54, 1.807) is 18.3 Å². The van der Waals surface area contributed by atoms with Crippen LogP contribution in [0.1, 0.15) is 15.9 Å². The lowest BCUT2D eigenvalue weighted by Gasteiger charge is -2.13. The van der Waals surface area contributed by atoms with E-state index < -0.39 is 16.1 Å². The van der Waals surface area contributed by atoms with Gasteiger partial charge in [-0.1, -0.05) is 0 Å². The van der Waals surface area contributed by atoms with Gasteiger partial charge in [0.1, 0.15) is 5.03 Å². The molecule has 1 aromatic heterocycles. The summed E-state index contributed by atoms with van der Waals surface area (Å²) in [5, 5.41) is 13.6. The Morgan fingerprint density at radius 3 is 2.70 bits per heavy atom. The number of pyridine rings is 1. The van der Waals surface area contributed by atoms with Crippen LogP contribution in [0.4, 0.5) is 10.5 Å². The van der Waals surface area contributed by atoms with E-state index in [0.29, 0.717) is 16.2 Å². The van der Waals surface area contributed by atoms with Crippen molar-refractivity contribution in [2.45, 2.75) is 5.03 Å². The van der Waals surface area contributed by atoms with Crippen LogP contribution >= 0.6 is 23.5 Å². The van der Waals surface area contributed by atoms with Crippen LogP contribution in [-0.2, 0) is 4.79 Å². The number of carbonyl (C=O) groups is 3. The van der Waals surface area contributed by atoms with Gasteiger partial charge in [0.25, 0.3) is 22.7 Å². The number of non-ortho nitro benzene ring substituents is 1. The third-order valence-electron chi connectivity index (χ3n) is 4.11. The molecule has 3 amide bonds. The van der Waals surface area contributed by atoms with Crippen molar-refractivity contribution in [2.75, 3.05) is 19.3 Å². The van der Waals surface area contributed by atoms with Gasteiger partial charge in [-0.05, 0) is 53.9 Å². The summed E-state index contributed by atoms with van der Waals surface area (Å²) in [7, 11) is 0. The summed E-state index contributed by atoms with van der Waals surface area (Å²) >= 11 is 2.14. The number of imide groups is 1. The highest BCUT2D eigenvalue weighted by atomic mass is 32.2. The number of hydrogen-bond acceptors (Lipinski definition) is 8. The fourth-order valence-electron chi connectivity index (χ4n) is 2.64. The van der Waals surface area contributed by atoms with Crippen molar-refractivity contribution in [1.82, 2.24) is 15.2 Å². The molecule has 0 unspecified atom stereocenters. The van der Waals surface area contributed by atoms with E-state index in [0.717, 1.165) is 16.7 Å². The zero-order valence-electron chi connectivity index (χ0n) is 15.7. The normalized spacial score (nSPS) is 15.0. The Kier molecular flexibility index (Phi) is 6.85. The largest absolute Gasteiger partial charge is 0.350 e. The summed E-state index contributed by atoms with van der Waals surface area (Å²) in [4.78, 5) is 52.6. The SMILES string of the molecule is CSc1ncccc1C(=O)NCCN1C(=O)SC(=Cc2ccc([N+](=O)[O-])cc2)C1=O. The molecule has 0 saturated carbocycles. The highest BCUT2D eigenvalue weighted by Crippen LogP contribution is 2.32. The zero-order chi connectivity index (χ0) is 21.7. The highest BCUT2D eigenvalue weighted by molar-refractivity contribution is 8.18. The molecule has 0 radical (unpaired) electrons. The lowest BCUT2D eigenvalue weighted by molar-refractivity contribution is -0.384. The number of aromatic nitrogens is 1. The number of nitrogens with zero attached hydrogens (tertiary/aromatic N) is 3. The third-order valence-corrected chi connectivity index (χ3v) is 5.72. The van der Waals surface area contributed by atoms with E-state index in [9.17, 15) is 24.5 Å². The minimum absolute atomic E-state index is 0.0306. The summed E-state index contributed by atoms with van der Waals surface area (Å²) in [6, 6.07) is 8.97. The fraction of sp³-hybridized carbons (Fsp3) is 0.158. The second kappa shape index (κ2) is 9.55. The first-order valence-corrected chi connectivity index (χ1v) is 10.7. The number of nitro benzene ring substituents is 1. The van der Waals surface area contributed by atoms with E-state index >= 15 is 0 Å². The van der Waals surface area contributed by atoms with Gasteiger partial charge in [0, 0.05) is 31.4 Å². The van der Waals surface area contributed by atoms with Crippen molar-refractivity contribution in [1.29, 1.82) is 0 Å². The summed E-state index contributed by atoms with van der Waals surface area (Å²) < 4.78 is 0. The van der Waals surface area contributed by atoms with E-state index in [4.69, 9.17) is 0 Å². The summed E-state index contributed by atoms with van der Waals surface area (Å²) in [5.41, 5.74) is 0.937. The molecule has 1 fully saturated rings. The first-order valence-electron chi connectivity index (χ1n) is 8.67. The predicted octanol–water partition coefficient (Wildman–Crippen LogP) is 3.18. The molecule has 0 spiro atoms. The second-order valence-corrected chi connectivity index (χ2v) is 7.79. The predicted molar refractivity (Wildman–Crippen MR) is 114 cm³/mol. The highest BCUT2D eigenvalue weighted by Gasteiger charge is 2.34. The molecule has 1 saturated heterocycles. The van der Waals surface area contributed by atoms with Crippen LogP contribution in [0, 0.1) is 10.1 Å². The van der Waals surface area contributed by atoms with Crippen LogP contribution in [0.3, 0.4) is 0 Å². The number of thioether (sulfide) groups is 2. The maximum absolute atomic E-state index is 12.5. The van der Waals surface area contributed by atoms with Gasteiger partial charge in [0.2, 0.25) is 0 Å². The molecule has 0 aliphatic carbocycles.